The van der Waals surface area contributed by atoms with Gasteiger partial charge in [0.15, 0.2) is 5.78 Å². The molecule has 1 aliphatic heterocycles. The van der Waals surface area contributed by atoms with Crippen molar-refractivity contribution in [2.75, 3.05) is 19.0 Å². The van der Waals surface area contributed by atoms with Crippen LogP contribution in [0.3, 0.4) is 0 Å². The second kappa shape index (κ2) is 8.08. The fourth-order valence-corrected chi connectivity index (χ4v) is 3.14. The molecular weight excluding hydrogens is 356 g/mol. The number of rotatable bonds is 4. The summed E-state index contributed by atoms with van der Waals surface area (Å²) in [7, 11) is 0. The Labute approximate surface area is 159 Å². The summed E-state index contributed by atoms with van der Waals surface area (Å²) in [5.41, 5.74) is 0.246. The highest BCUT2D eigenvalue weighted by Gasteiger charge is 2.42. The molecule has 1 aromatic carbocycles. The molecular formula is C19H25ClN2O4. The summed E-state index contributed by atoms with van der Waals surface area (Å²) in [5.74, 6) is -0.766. The SMILES string of the molecule is C[C@H](c1ccccc1)N(C(=O)CCl)C1CN(C(=O)OC(C)(C)C)CC1=O. The maximum absolute atomic E-state index is 12.6. The maximum atomic E-state index is 12.6. The van der Waals surface area contributed by atoms with E-state index >= 15 is 0 Å². The topological polar surface area (TPSA) is 66.9 Å². The number of alkyl halides is 1. The van der Waals surface area contributed by atoms with Gasteiger partial charge in [0.2, 0.25) is 5.91 Å². The molecule has 0 N–H and O–H groups in total. The molecule has 1 heterocycles. The van der Waals surface area contributed by atoms with E-state index in [-0.39, 0.29) is 36.7 Å². The van der Waals surface area contributed by atoms with Crippen molar-refractivity contribution in [2.24, 2.45) is 0 Å². The van der Waals surface area contributed by atoms with Gasteiger partial charge >= 0.3 is 6.09 Å². The van der Waals surface area contributed by atoms with Crippen LogP contribution >= 0.6 is 11.6 Å². The summed E-state index contributed by atoms with van der Waals surface area (Å²) < 4.78 is 5.34. The molecule has 1 aromatic rings. The zero-order valence-electron chi connectivity index (χ0n) is 15.6. The standard InChI is InChI=1S/C19H25ClN2O4/c1-13(14-8-6-5-7-9-14)22(17(24)10-20)15-11-21(12-16(15)23)18(25)26-19(2,3)4/h5-9,13,15H,10-12H2,1-4H3/t13-,15?/m1/s1. The van der Waals surface area contributed by atoms with E-state index in [1.807, 2.05) is 37.3 Å². The van der Waals surface area contributed by atoms with Crippen molar-refractivity contribution in [3.8, 4) is 0 Å². The molecule has 1 aliphatic rings. The molecule has 0 bridgehead atoms. The van der Waals surface area contributed by atoms with Crippen LogP contribution < -0.4 is 0 Å². The van der Waals surface area contributed by atoms with Crippen molar-refractivity contribution < 1.29 is 19.1 Å². The molecule has 2 atom stereocenters. The quantitative estimate of drug-likeness (QED) is 0.753. The van der Waals surface area contributed by atoms with Gasteiger partial charge in [-0.15, -0.1) is 11.6 Å². The third kappa shape index (κ3) is 4.75. The van der Waals surface area contributed by atoms with Crippen LogP contribution in [0.1, 0.15) is 39.3 Å². The van der Waals surface area contributed by atoms with Crippen LogP contribution in [0.2, 0.25) is 0 Å². The van der Waals surface area contributed by atoms with Gasteiger partial charge in [0.1, 0.15) is 17.5 Å². The van der Waals surface area contributed by atoms with Crippen molar-refractivity contribution in [1.29, 1.82) is 0 Å². The van der Waals surface area contributed by atoms with Gasteiger partial charge in [-0.3, -0.25) is 14.5 Å². The van der Waals surface area contributed by atoms with Gasteiger partial charge in [-0.1, -0.05) is 30.3 Å². The van der Waals surface area contributed by atoms with Crippen LogP contribution in [0.15, 0.2) is 30.3 Å². The summed E-state index contributed by atoms with van der Waals surface area (Å²) in [5, 5.41) is 0. The largest absolute Gasteiger partial charge is 0.444 e. The Bertz CT molecular complexity index is 672. The molecule has 26 heavy (non-hydrogen) atoms. The van der Waals surface area contributed by atoms with E-state index in [0.29, 0.717) is 0 Å². The van der Waals surface area contributed by atoms with Gasteiger partial charge in [-0.05, 0) is 33.3 Å². The Morgan fingerprint density at radius 3 is 2.46 bits per heavy atom. The molecule has 7 heteroatoms. The van der Waals surface area contributed by atoms with Crippen molar-refractivity contribution in [1.82, 2.24) is 9.80 Å². The molecule has 2 amide bonds. The van der Waals surface area contributed by atoms with Gasteiger partial charge in [-0.2, -0.15) is 0 Å². The van der Waals surface area contributed by atoms with Gasteiger partial charge in [0, 0.05) is 0 Å². The number of carbonyl (C=O) groups excluding carboxylic acids is 3. The molecule has 6 nitrogen and oxygen atoms in total. The highest BCUT2D eigenvalue weighted by molar-refractivity contribution is 6.27. The summed E-state index contributed by atoms with van der Waals surface area (Å²) in [6, 6.07) is 8.35. The first-order valence-corrected chi connectivity index (χ1v) is 9.10. The average molecular weight is 381 g/mol. The van der Waals surface area contributed by atoms with Crippen molar-refractivity contribution >= 4 is 29.4 Å². The number of Topliss-reactive ketones (excluding diaryl/α,β-unsaturated/α-hetero) is 1. The van der Waals surface area contributed by atoms with Crippen LogP contribution in [0.5, 0.6) is 0 Å². The first kappa shape index (κ1) is 20.2. The van der Waals surface area contributed by atoms with E-state index in [4.69, 9.17) is 16.3 Å². The van der Waals surface area contributed by atoms with E-state index in [0.717, 1.165) is 5.56 Å². The minimum atomic E-state index is -0.732. The fourth-order valence-electron chi connectivity index (χ4n) is 3.00. The number of amides is 2. The highest BCUT2D eigenvalue weighted by Crippen LogP contribution is 2.27. The number of ketones is 1. The van der Waals surface area contributed by atoms with Crippen LogP contribution in [-0.2, 0) is 14.3 Å². The predicted molar refractivity (Wildman–Crippen MR) is 99.0 cm³/mol. The number of carbonyl (C=O) groups is 3. The lowest BCUT2D eigenvalue weighted by Gasteiger charge is -2.33. The molecule has 0 aromatic heterocycles. The summed E-state index contributed by atoms with van der Waals surface area (Å²) in [4.78, 5) is 40.1. The van der Waals surface area contributed by atoms with Crippen LogP contribution in [0.4, 0.5) is 4.79 Å². The Balaban J connectivity index is 2.22. The van der Waals surface area contributed by atoms with Crippen LogP contribution in [0.25, 0.3) is 0 Å². The zero-order valence-corrected chi connectivity index (χ0v) is 16.3. The third-order valence-corrected chi connectivity index (χ3v) is 4.43. The summed E-state index contributed by atoms with van der Waals surface area (Å²) in [6.07, 6.45) is -0.556. The van der Waals surface area contributed by atoms with E-state index in [1.54, 1.807) is 20.8 Å². The van der Waals surface area contributed by atoms with Gasteiger partial charge in [0.05, 0.1) is 19.1 Å². The molecule has 0 spiro atoms. The Morgan fingerprint density at radius 1 is 1.31 bits per heavy atom. The number of likely N-dealkylation sites (tertiary alicyclic amines) is 1. The lowest BCUT2D eigenvalue weighted by atomic mass is 10.0. The fraction of sp³-hybridized carbons (Fsp3) is 0.526. The molecule has 1 saturated heterocycles. The number of nitrogens with zero attached hydrogens (tertiary/aromatic N) is 2. The molecule has 0 aliphatic carbocycles. The number of halogens is 1. The lowest BCUT2D eigenvalue weighted by molar-refractivity contribution is -0.138. The Morgan fingerprint density at radius 2 is 1.92 bits per heavy atom. The van der Waals surface area contributed by atoms with E-state index in [1.165, 1.54) is 9.80 Å². The molecule has 0 radical (unpaired) electrons. The molecule has 1 fully saturated rings. The van der Waals surface area contributed by atoms with Crippen molar-refractivity contribution in [3.63, 3.8) is 0 Å². The van der Waals surface area contributed by atoms with Gasteiger partial charge < -0.3 is 9.64 Å². The van der Waals surface area contributed by atoms with E-state index < -0.39 is 17.7 Å². The second-order valence-corrected chi connectivity index (χ2v) is 7.63. The second-order valence-electron chi connectivity index (χ2n) is 7.36. The third-order valence-electron chi connectivity index (χ3n) is 4.20. The normalized spacial score (nSPS) is 18.6. The van der Waals surface area contributed by atoms with Gasteiger partial charge in [-0.25, -0.2) is 4.79 Å². The van der Waals surface area contributed by atoms with Crippen LogP contribution in [0, 0.1) is 0 Å². The van der Waals surface area contributed by atoms with Crippen molar-refractivity contribution in [3.05, 3.63) is 35.9 Å². The Hall–Kier alpha value is -2.08. The monoisotopic (exact) mass is 380 g/mol. The molecule has 1 unspecified atom stereocenters. The van der Waals surface area contributed by atoms with Gasteiger partial charge in [0.25, 0.3) is 0 Å². The molecule has 142 valence electrons. The van der Waals surface area contributed by atoms with E-state index in [2.05, 4.69) is 0 Å². The highest BCUT2D eigenvalue weighted by atomic mass is 35.5. The predicted octanol–water partition coefficient (Wildman–Crippen LogP) is 3.00. The summed E-state index contributed by atoms with van der Waals surface area (Å²) >= 11 is 5.78. The maximum Gasteiger partial charge on any atom is 0.410 e. The first-order valence-electron chi connectivity index (χ1n) is 8.56. The lowest BCUT2D eigenvalue weighted by Crippen LogP contribution is -2.47. The van der Waals surface area contributed by atoms with E-state index in [9.17, 15) is 14.4 Å². The number of benzene rings is 1. The van der Waals surface area contributed by atoms with Crippen molar-refractivity contribution in [2.45, 2.75) is 45.4 Å². The number of hydrogen-bond acceptors (Lipinski definition) is 4. The average Bonchev–Trinajstić information content (AvgIpc) is 2.96. The van der Waals surface area contributed by atoms with Crippen LogP contribution in [-0.4, -0.2) is 58.2 Å². The first-order chi connectivity index (χ1) is 12.1. The number of hydrogen-bond donors (Lipinski definition) is 0. The zero-order chi connectivity index (χ0) is 19.5. The minimum absolute atomic E-state index is 0.0762. The Kier molecular flexibility index (Phi) is 6.29. The number of ether oxygens (including phenoxy) is 1. The smallest absolute Gasteiger partial charge is 0.410 e. The minimum Gasteiger partial charge on any atom is -0.444 e. The molecule has 0 saturated carbocycles. The molecule has 2 rings (SSSR count). The summed E-state index contributed by atoms with van der Waals surface area (Å²) in [6.45, 7) is 7.17.